The summed E-state index contributed by atoms with van der Waals surface area (Å²) in [6.45, 7) is 3.81. The molecule has 7 nitrogen and oxygen atoms in total. The Morgan fingerprint density at radius 1 is 1.50 bits per heavy atom. The summed E-state index contributed by atoms with van der Waals surface area (Å²) in [5.41, 5.74) is 0. The number of H-pyrrole nitrogens is 1. The molecule has 2 heterocycles. The zero-order valence-electron chi connectivity index (χ0n) is 9.75. The molecule has 0 aromatic carbocycles. The molecule has 9 heteroatoms. The average molecular weight is 290 g/mol. The molecule has 0 amide bonds. The third-order valence-corrected chi connectivity index (χ3v) is 3.71. The van der Waals surface area contributed by atoms with E-state index in [1.165, 1.54) is 18.5 Å². The Kier molecular flexibility index (Phi) is 3.31. The lowest BCUT2D eigenvalue weighted by atomic mass is 10.4. The van der Waals surface area contributed by atoms with Gasteiger partial charge in [0, 0.05) is 18.3 Å². The summed E-state index contributed by atoms with van der Waals surface area (Å²) < 4.78 is 27.8. The van der Waals surface area contributed by atoms with Crippen LogP contribution in [0.2, 0.25) is 5.15 Å². The van der Waals surface area contributed by atoms with Gasteiger partial charge < -0.3 is 0 Å². The van der Waals surface area contributed by atoms with Crippen LogP contribution in [0.1, 0.15) is 19.9 Å². The second-order valence-electron chi connectivity index (χ2n) is 3.96. The molecule has 18 heavy (non-hydrogen) atoms. The lowest BCUT2D eigenvalue weighted by Gasteiger charge is -2.04. The van der Waals surface area contributed by atoms with Crippen LogP contribution in [0.5, 0.6) is 0 Å². The molecular weight excluding hydrogens is 278 g/mol. The first-order valence-corrected chi connectivity index (χ1v) is 7.02. The van der Waals surface area contributed by atoms with Crippen LogP contribution in [0.3, 0.4) is 0 Å². The van der Waals surface area contributed by atoms with Crippen LogP contribution in [-0.4, -0.2) is 28.4 Å². The van der Waals surface area contributed by atoms with Crippen LogP contribution < -0.4 is 4.72 Å². The summed E-state index contributed by atoms with van der Waals surface area (Å²) >= 11 is 5.61. The molecule has 2 N–H and O–H groups in total. The molecule has 0 saturated heterocycles. The number of aromatic nitrogens is 4. The van der Waals surface area contributed by atoms with Gasteiger partial charge in [-0.1, -0.05) is 11.6 Å². The molecule has 98 valence electrons. The summed E-state index contributed by atoms with van der Waals surface area (Å²) in [6.07, 6.45) is 2.75. The number of aromatic amines is 1. The normalized spacial score (nSPS) is 12.0. The third-order valence-electron chi connectivity index (χ3n) is 2.20. The number of hydrogen-bond donors (Lipinski definition) is 2. The van der Waals surface area contributed by atoms with Gasteiger partial charge in [0.25, 0.3) is 10.0 Å². The minimum Gasteiger partial charge on any atom is -0.269 e. The van der Waals surface area contributed by atoms with Crippen molar-refractivity contribution in [3.05, 3.63) is 23.6 Å². The number of halogens is 1. The maximum atomic E-state index is 12.0. The smallest absolute Gasteiger partial charge is 0.266 e. The summed E-state index contributed by atoms with van der Waals surface area (Å²) in [6, 6.07) is 1.47. The van der Waals surface area contributed by atoms with E-state index in [4.69, 9.17) is 11.6 Å². The summed E-state index contributed by atoms with van der Waals surface area (Å²) in [5, 5.41) is 10.4. The Morgan fingerprint density at radius 2 is 2.22 bits per heavy atom. The van der Waals surface area contributed by atoms with Gasteiger partial charge in [0.15, 0.2) is 5.82 Å². The van der Waals surface area contributed by atoms with E-state index in [-0.39, 0.29) is 21.9 Å². The Balaban J connectivity index is 2.25. The number of nitrogens with zero attached hydrogens (tertiary/aromatic N) is 3. The number of nitrogens with one attached hydrogen (secondary N) is 2. The number of hydrogen-bond acceptors (Lipinski definition) is 4. The Morgan fingerprint density at radius 3 is 2.72 bits per heavy atom. The average Bonchev–Trinajstić information content (AvgIpc) is 2.86. The Bertz CT molecular complexity index is 645. The molecular formula is C9H12ClN5O2S. The van der Waals surface area contributed by atoms with Crippen molar-refractivity contribution in [3.8, 4) is 0 Å². The fraction of sp³-hybridized carbons (Fsp3) is 0.333. The Labute approximate surface area is 109 Å². The van der Waals surface area contributed by atoms with E-state index in [9.17, 15) is 8.42 Å². The van der Waals surface area contributed by atoms with Crippen LogP contribution in [0, 0.1) is 0 Å². The molecule has 0 unspecified atom stereocenters. The lowest BCUT2D eigenvalue weighted by Crippen LogP contribution is -2.12. The van der Waals surface area contributed by atoms with Gasteiger partial charge in [0.1, 0.15) is 10.0 Å². The number of anilines is 1. The second-order valence-corrected chi connectivity index (χ2v) is 6.05. The fourth-order valence-electron chi connectivity index (χ4n) is 1.29. The highest BCUT2D eigenvalue weighted by molar-refractivity contribution is 7.92. The highest BCUT2D eigenvalue weighted by atomic mass is 35.5. The van der Waals surface area contributed by atoms with E-state index in [0.29, 0.717) is 0 Å². The van der Waals surface area contributed by atoms with Crippen LogP contribution in [0.4, 0.5) is 5.82 Å². The van der Waals surface area contributed by atoms with Gasteiger partial charge in [-0.05, 0) is 13.8 Å². The van der Waals surface area contributed by atoms with Crippen molar-refractivity contribution in [2.24, 2.45) is 0 Å². The molecule has 0 aliphatic carbocycles. The Hall–Kier alpha value is -1.54. The summed E-state index contributed by atoms with van der Waals surface area (Å²) in [4.78, 5) is 0.0790. The van der Waals surface area contributed by atoms with Crippen molar-refractivity contribution in [1.29, 1.82) is 0 Å². The zero-order valence-corrected chi connectivity index (χ0v) is 11.3. The van der Waals surface area contributed by atoms with Crippen LogP contribution in [-0.2, 0) is 10.0 Å². The molecule has 0 radical (unpaired) electrons. The molecule has 2 rings (SSSR count). The van der Waals surface area contributed by atoms with Gasteiger partial charge in [-0.25, -0.2) is 8.42 Å². The maximum Gasteiger partial charge on any atom is 0.266 e. The van der Waals surface area contributed by atoms with Crippen molar-refractivity contribution in [2.45, 2.75) is 24.8 Å². The topological polar surface area (TPSA) is 92.7 Å². The molecule has 0 aliphatic rings. The number of sulfonamides is 1. The van der Waals surface area contributed by atoms with Crippen LogP contribution in [0.15, 0.2) is 23.4 Å². The van der Waals surface area contributed by atoms with E-state index in [1.807, 2.05) is 13.8 Å². The predicted molar refractivity (Wildman–Crippen MR) is 67.0 cm³/mol. The van der Waals surface area contributed by atoms with Gasteiger partial charge in [0.2, 0.25) is 0 Å². The molecule has 2 aromatic rings. The van der Waals surface area contributed by atoms with Crippen molar-refractivity contribution in [2.75, 3.05) is 4.72 Å². The molecule has 0 atom stereocenters. The van der Waals surface area contributed by atoms with E-state index in [2.05, 4.69) is 20.0 Å². The van der Waals surface area contributed by atoms with Crippen molar-refractivity contribution < 1.29 is 8.42 Å². The quantitative estimate of drug-likeness (QED) is 0.895. The standard InChI is InChI=1S/C9H12ClN5O2S/c1-6(2)15-5-7(4-11-15)18(16,17)14-9-3-8(10)12-13-9/h3-6H,1-2H3,(H2,12,13,14). The molecule has 0 fully saturated rings. The van der Waals surface area contributed by atoms with Gasteiger partial charge in [-0.15, -0.1) is 0 Å². The van der Waals surface area contributed by atoms with Crippen molar-refractivity contribution in [1.82, 2.24) is 20.0 Å². The van der Waals surface area contributed by atoms with E-state index < -0.39 is 10.0 Å². The zero-order chi connectivity index (χ0) is 13.3. The lowest BCUT2D eigenvalue weighted by molar-refractivity contribution is 0.531. The highest BCUT2D eigenvalue weighted by Crippen LogP contribution is 2.17. The van der Waals surface area contributed by atoms with Gasteiger partial charge in [-0.3, -0.25) is 14.5 Å². The predicted octanol–water partition coefficient (Wildman–Crippen LogP) is 1.64. The van der Waals surface area contributed by atoms with Crippen molar-refractivity contribution in [3.63, 3.8) is 0 Å². The van der Waals surface area contributed by atoms with Gasteiger partial charge >= 0.3 is 0 Å². The fourth-order valence-corrected chi connectivity index (χ4v) is 2.36. The van der Waals surface area contributed by atoms with E-state index in [0.717, 1.165) is 0 Å². The van der Waals surface area contributed by atoms with Crippen LogP contribution >= 0.6 is 11.6 Å². The molecule has 2 aromatic heterocycles. The minimum atomic E-state index is -3.69. The first-order valence-electron chi connectivity index (χ1n) is 5.16. The molecule has 0 spiro atoms. The number of rotatable bonds is 4. The molecule has 0 aliphatic heterocycles. The largest absolute Gasteiger partial charge is 0.269 e. The van der Waals surface area contributed by atoms with E-state index >= 15 is 0 Å². The second kappa shape index (κ2) is 4.62. The van der Waals surface area contributed by atoms with E-state index in [1.54, 1.807) is 4.68 Å². The van der Waals surface area contributed by atoms with Gasteiger partial charge in [-0.2, -0.15) is 10.2 Å². The minimum absolute atomic E-state index is 0.0790. The molecule has 0 bridgehead atoms. The highest BCUT2D eigenvalue weighted by Gasteiger charge is 2.18. The molecule has 0 saturated carbocycles. The monoisotopic (exact) mass is 289 g/mol. The SMILES string of the molecule is CC(C)n1cc(S(=O)(=O)Nc2cc(Cl)[nH]n2)cn1. The van der Waals surface area contributed by atoms with Gasteiger partial charge in [0.05, 0.1) is 6.20 Å². The first kappa shape index (κ1) is 12.9. The first-order chi connectivity index (χ1) is 8.38. The maximum absolute atomic E-state index is 12.0. The van der Waals surface area contributed by atoms with Crippen LogP contribution in [0.25, 0.3) is 0 Å². The summed E-state index contributed by atoms with van der Waals surface area (Å²) in [5.74, 6) is 0.136. The van der Waals surface area contributed by atoms with Crippen molar-refractivity contribution >= 4 is 27.4 Å². The third kappa shape index (κ3) is 2.65. The summed E-state index contributed by atoms with van der Waals surface area (Å²) in [7, 11) is -3.69.